The molecule has 0 aliphatic carbocycles. The zero-order chi connectivity index (χ0) is 23.8. The number of hydrogen-bond acceptors (Lipinski definition) is 2. The number of rotatable bonds is 5. The summed E-state index contributed by atoms with van der Waals surface area (Å²) in [4.78, 5) is 6.88. The van der Waals surface area contributed by atoms with E-state index in [1.807, 2.05) is 42.6 Å². The van der Waals surface area contributed by atoms with E-state index in [1.165, 1.54) is 28.2 Å². The molecule has 1 fully saturated rings. The van der Waals surface area contributed by atoms with Gasteiger partial charge in [0.15, 0.2) is 5.11 Å². The van der Waals surface area contributed by atoms with Gasteiger partial charge in [0, 0.05) is 34.0 Å². The van der Waals surface area contributed by atoms with Gasteiger partial charge in [-0.3, -0.25) is 4.98 Å². The summed E-state index contributed by atoms with van der Waals surface area (Å²) in [7, 11) is 0. The molecule has 0 bridgehead atoms. The summed E-state index contributed by atoms with van der Waals surface area (Å²) in [5.74, 6) is 0. The topological polar surface area (TPSA) is 33.1 Å². The van der Waals surface area contributed by atoms with E-state index in [1.54, 1.807) is 0 Å². The van der Waals surface area contributed by atoms with Gasteiger partial charge in [-0.05, 0) is 92.1 Å². The number of para-hydroxylation sites is 1. The maximum absolute atomic E-state index is 6.20. The van der Waals surface area contributed by atoms with Gasteiger partial charge in [0.05, 0.1) is 17.8 Å². The van der Waals surface area contributed by atoms with Crippen LogP contribution in [0.3, 0.4) is 0 Å². The van der Waals surface area contributed by atoms with Gasteiger partial charge in [-0.15, -0.1) is 0 Å². The van der Waals surface area contributed by atoms with E-state index in [2.05, 4.69) is 76.9 Å². The molecule has 0 radical (unpaired) electrons. The maximum Gasteiger partial charge on any atom is 0.174 e. The second-order valence-corrected chi connectivity index (χ2v) is 9.44. The summed E-state index contributed by atoms with van der Waals surface area (Å²) < 4.78 is 2.37. The van der Waals surface area contributed by atoms with Gasteiger partial charge in [-0.1, -0.05) is 42.8 Å². The predicted octanol–water partition coefficient (Wildman–Crippen LogP) is 6.88. The molecule has 0 saturated carbocycles. The molecular formula is C28H27ClN4S. The Balaban J connectivity index is 1.69. The summed E-state index contributed by atoms with van der Waals surface area (Å²) >= 11 is 12.1. The van der Waals surface area contributed by atoms with Crippen LogP contribution in [0.1, 0.15) is 47.2 Å². The average molecular weight is 487 g/mol. The van der Waals surface area contributed by atoms with Crippen LogP contribution in [0.2, 0.25) is 5.02 Å². The fourth-order valence-corrected chi connectivity index (χ4v) is 5.51. The number of pyridine rings is 1. The molecule has 4 aromatic rings. The fourth-order valence-electron chi connectivity index (χ4n) is 5.04. The SMILES string of the molecule is CCc1ccccc1-n1c(C)cc([C@@H]2[C@H](c3ccccn3)NC(=S)N2c2ccc(Cl)cc2)c1C. The molecule has 0 amide bonds. The second kappa shape index (κ2) is 9.24. The van der Waals surface area contributed by atoms with Gasteiger partial charge in [0.25, 0.3) is 0 Å². The Morgan fingerprint density at radius 1 is 1.00 bits per heavy atom. The van der Waals surface area contributed by atoms with Crippen molar-refractivity contribution in [3.8, 4) is 5.69 Å². The number of nitrogens with zero attached hydrogens (tertiary/aromatic N) is 3. The smallest absolute Gasteiger partial charge is 0.174 e. The molecule has 1 aliphatic heterocycles. The summed E-state index contributed by atoms with van der Waals surface area (Å²) in [5, 5.41) is 4.94. The first-order valence-corrected chi connectivity index (χ1v) is 12.3. The quantitative estimate of drug-likeness (QED) is 0.311. The molecule has 2 atom stereocenters. The number of anilines is 1. The molecule has 2 aromatic heterocycles. The Hall–Kier alpha value is -3.15. The molecule has 0 unspecified atom stereocenters. The van der Waals surface area contributed by atoms with Crippen LogP contribution in [0.15, 0.2) is 79.0 Å². The van der Waals surface area contributed by atoms with Crippen molar-refractivity contribution in [2.45, 2.75) is 39.3 Å². The van der Waals surface area contributed by atoms with Crippen molar-refractivity contribution in [2.75, 3.05) is 4.90 Å². The third-order valence-corrected chi connectivity index (χ3v) is 7.17. The number of thiocarbonyl (C=S) groups is 1. The van der Waals surface area contributed by atoms with Gasteiger partial charge in [-0.25, -0.2) is 0 Å². The first-order chi connectivity index (χ1) is 16.5. The molecule has 4 nitrogen and oxygen atoms in total. The number of halogens is 1. The van der Waals surface area contributed by atoms with Crippen LogP contribution in [0, 0.1) is 13.8 Å². The van der Waals surface area contributed by atoms with E-state index in [4.69, 9.17) is 23.8 Å². The highest BCUT2D eigenvalue weighted by Gasteiger charge is 2.42. The Morgan fingerprint density at radius 3 is 2.44 bits per heavy atom. The van der Waals surface area contributed by atoms with Crippen molar-refractivity contribution in [3.63, 3.8) is 0 Å². The number of hydrogen-bond donors (Lipinski definition) is 1. The lowest BCUT2D eigenvalue weighted by molar-refractivity contribution is 0.565. The highest BCUT2D eigenvalue weighted by molar-refractivity contribution is 7.80. The van der Waals surface area contributed by atoms with E-state index in [-0.39, 0.29) is 12.1 Å². The standard InChI is InChI=1S/C28H27ClN4S/c1-4-20-9-5-6-11-25(20)32-18(2)17-23(19(32)3)27-26(24-10-7-8-16-30-24)31-28(34)33(27)22-14-12-21(29)13-15-22/h5-17,26-27H,4H2,1-3H3,(H,31,34)/t26-,27+/m0/s1. The van der Waals surface area contributed by atoms with Crippen molar-refractivity contribution in [1.82, 2.24) is 14.9 Å². The number of aryl methyl sites for hydroxylation is 2. The van der Waals surface area contributed by atoms with Crippen LogP contribution < -0.4 is 10.2 Å². The van der Waals surface area contributed by atoms with E-state index in [0.29, 0.717) is 10.1 Å². The molecule has 6 heteroatoms. The zero-order valence-corrected chi connectivity index (χ0v) is 21.1. The van der Waals surface area contributed by atoms with E-state index < -0.39 is 0 Å². The van der Waals surface area contributed by atoms with Gasteiger partial charge in [-0.2, -0.15) is 0 Å². The van der Waals surface area contributed by atoms with Crippen molar-refractivity contribution < 1.29 is 0 Å². The molecule has 1 aliphatic rings. The van der Waals surface area contributed by atoms with Crippen LogP contribution in [-0.2, 0) is 6.42 Å². The summed E-state index contributed by atoms with van der Waals surface area (Å²) in [6.45, 7) is 6.57. The molecule has 2 aromatic carbocycles. The minimum absolute atomic E-state index is 0.0580. The molecule has 1 saturated heterocycles. The Morgan fingerprint density at radius 2 is 1.74 bits per heavy atom. The van der Waals surface area contributed by atoms with Gasteiger partial charge in [0.1, 0.15) is 0 Å². The molecule has 3 heterocycles. The highest BCUT2D eigenvalue weighted by atomic mass is 35.5. The lowest BCUT2D eigenvalue weighted by atomic mass is 9.96. The fraction of sp³-hybridized carbons (Fsp3) is 0.214. The summed E-state index contributed by atoms with van der Waals surface area (Å²) in [6.07, 6.45) is 2.81. The normalized spacial score (nSPS) is 17.8. The lowest BCUT2D eigenvalue weighted by Gasteiger charge is -2.28. The van der Waals surface area contributed by atoms with Gasteiger partial charge in [0.2, 0.25) is 0 Å². The largest absolute Gasteiger partial charge is 0.351 e. The minimum Gasteiger partial charge on any atom is -0.351 e. The monoisotopic (exact) mass is 486 g/mol. The maximum atomic E-state index is 6.20. The van der Waals surface area contributed by atoms with Crippen molar-refractivity contribution in [2.24, 2.45) is 0 Å². The van der Waals surface area contributed by atoms with E-state index in [9.17, 15) is 0 Å². The summed E-state index contributed by atoms with van der Waals surface area (Å²) in [6, 6.07) is 24.7. The summed E-state index contributed by atoms with van der Waals surface area (Å²) in [5.41, 5.74) is 8.14. The second-order valence-electron chi connectivity index (χ2n) is 8.62. The van der Waals surface area contributed by atoms with E-state index in [0.717, 1.165) is 17.8 Å². The third-order valence-electron chi connectivity index (χ3n) is 6.61. The number of nitrogens with one attached hydrogen (secondary N) is 1. The van der Waals surface area contributed by atoms with Crippen molar-refractivity contribution >= 4 is 34.6 Å². The van der Waals surface area contributed by atoms with Gasteiger partial charge >= 0.3 is 0 Å². The Labute approximate surface area is 211 Å². The van der Waals surface area contributed by atoms with Crippen LogP contribution >= 0.6 is 23.8 Å². The first kappa shape index (κ1) is 22.6. The van der Waals surface area contributed by atoms with Crippen LogP contribution in [-0.4, -0.2) is 14.7 Å². The van der Waals surface area contributed by atoms with Crippen LogP contribution in [0.4, 0.5) is 5.69 Å². The van der Waals surface area contributed by atoms with Crippen LogP contribution in [0.25, 0.3) is 5.69 Å². The molecular weight excluding hydrogens is 460 g/mol. The van der Waals surface area contributed by atoms with Crippen LogP contribution in [0.5, 0.6) is 0 Å². The third kappa shape index (κ3) is 3.89. The lowest BCUT2D eigenvalue weighted by Crippen LogP contribution is -2.29. The highest BCUT2D eigenvalue weighted by Crippen LogP contribution is 2.44. The van der Waals surface area contributed by atoms with Crippen molar-refractivity contribution in [1.29, 1.82) is 0 Å². The zero-order valence-electron chi connectivity index (χ0n) is 19.5. The molecule has 1 N–H and O–H groups in total. The molecule has 5 rings (SSSR count). The number of benzene rings is 2. The van der Waals surface area contributed by atoms with Gasteiger partial charge < -0.3 is 14.8 Å². The average Bonchev–Trinajstić information content (AvgIpc) is 3.35. The Bertz CT molecular complexity index is 1330. The minimum atomic E-state index is -0.0836. The molecule has 0 spiro atoms. The molecule has 172 valence electrons. The Kier molecular flexibility index (Phi) is 6.15. The number of aromatic nitrogens is 2. The van der Waals surface area contributed by atoms with E-state index >= 15 is 0 Å². The predicted molar refractivity (Wildman–Crippen MR) is 144 cm³/mol. The molecule has 34 heavy (non-hydrogen) atoms. The van der Waals surface area contributed by atoms with Crippen molar-refractivity contribution in [3.05, 3.63) is 112 Å². The first-order valence-electron chi connectivity index (χ1n) is 11.5.